The van der Waals surface area contributed by atoms with E-state index in [9.17, 15) is 9.59 Å². The van der Waals surface area contributed by atoms with Crippen molar-refractivity contribution in [3.8, 4) is 5.75 Å². The summed E-state index contributed by atoms with van der Waals surface area (Å²) in [5, 5.41) is 11.3. The Balaban J connectivity index is 1.48. The lowest BCUT2D eigenvalue weighted by molar-refractivity contribution is -0.152. The maximum Gasteiger partial charge on any atom is 0.313 e. The number of ether oxygens (including phenoxy) is 2. The van der Waals surface area contributed by atoms with Gasteiger partial charge >= 0.3 is 5.97 Å². The minimum Gasteiger partial charge on any atom is -0.486 e. The number of rotatable bonds is 8. The van der Waals surface area contributed by atoms with Crippen LogP contribution in [0.5, 0.6) is 5.75 Å². The predicted octanol–water partition coefficient (Wildman–Crippen LogP) is 4.60. The van der Waals surface area contributed by atoms with Gasteiger partial charge in [-0.05, 0) is 60.7 Å². The highest BCUT2D eigenvalue weighted by Crippen LogP contribution is 2.56. The molecule has 4 rings (SSSR count). The number of hydrogen-bond acceptors (Lipinski definition) is 5. The molecule has 6 nitrogen and oxygen atoms in total. The van der Waals surface area contributed by atoms with E-state index in [0.29, 0.717) is 12.8 Å². The van der Waals surface area contributed by atoms with Crippen LogP contribution in [-0.4, -0.2) is 23.7 Å². The number of nitrogens with one attached hydrogen (secondary N) is 1. The molecular weight excluding hydrogens is 406 g/mol. The van der Waals surface area contributed by atoms with Crippen LogP contribution < -0.4 is 10.2 Å². The lowest BCUT2D eigenvalue weighted by atomic mass is 9.93. The quantitative estimate of drug-likeness (QED) is 0.308. The molecule has 0 saturated heterocycles. The summed E-state index contributed by atoms with van der Waals surface area (Å²) < 4.78 is 11.4. The Hall–Kier alpha value is -3.38. The van der Waals surface area contributed by atoms with Crippen molar-refractivity contribution in [3.63, 3.8) is 0 Å². The molecule has 32 heavy (non-hydrogen) atoms. The third-order valence-corrected chi connectivity index (χ3v) is 6.20. The molecule has 0 heterocycles. The number of hydrogen-bond donors (Lipinski definition) is 2. The van der Waals surface area contributed by atoms with Gasteiger partial charge in [0, 0.05) is 0 Å². The van der Waals surface area contributed by atoms with Gasteiger partial charge in [0.1, 0.15) is 11.9 Å². The molecule has 1 aliphatic rings. The van der Waals surface area contributed by atoms with Crippen molar-refractivity contribution in [2.75, 3.05) is 6.61 Å². The van der Waals surface area contributed by atoms with Gasteiger partial charge in [-0.15, -0.1) is 0 Å². The van der Waals surface area contributed by atoms with Crippen LogP contribution >= 0.6 is 0 Å². The molecule has 1 aliphatic carbocycles. The van der Waals surface area contributed by atoms with E-state index in [2.05, 4.69) is 24.3 Å². The Labute approximate surface area is 187 Å². The predicted molar refractivity (Wildman–Crippen MR) is 120 cm³/mol. The van der Waals surface area contributed by atoms with Gasteiger partial charge in [0.2, 0.25) is 5.91 Å². The number of benzene rings is 3. The Morgan fingerprint density at radius 3 is 2.53 bits per heavy atom. The highest BCUT2D eigenvalue weighted by molar-refractivity contribution is 5.93. The van der Waals surface area contributed by atoms with Crippen molar-refractivity contribution in [3.05, 3.63) is 77.9 Å². The summed E-state index contributed by atoms with van der Waals surface area (Å²) >= 11 is 0. The van der Waals surface area contributed by atoms with Crippen LogP contribution in [0.15, 0.2) is 66.7 Å². The standard InChI is InChI=1S/C26H27NO5/c1-3-31-25(29)26(16-23(26)24(28)27-30)15-18-11-13-20(14-12-18)32-17(2)21-10-6-8-19-7-4-5-9-22(19)21/h4-14,17,23,30H,3,15-16H2,1-2H3,(H,27,28)/t17?,23-,26+/m1/s1. The molecule has 3 atom stereocenters. The van der Waals surface area contributed by atoms with E-state index < -0.39 is 23.2 Å². The smallest absolute Gasteiger partial charge is 0.313 e. The number of carbonyl (C=O) groups excluding carboxylic acids is 2. The van der Waals surface area contributed by atoms with Crippen molar-refractivity contribution >= 4 is 22.6 Å². The third-order valence-electron chi connectivity index (χ3n) is 6.20. The maximum absolute atomic E-state index is 12.5. The molecule has 1 amide bonds. The highest BCUT2D eigenvalue weighted by atomic mass is 16.5. The second-order valence-corrected chi connectivity index (χ2v) is 8.26. The van der Waals surface area contributed by atoms with Gasteiger partial charge in [0.25, 0.3) is 0 Å². The largest absolute Gasteiger partial charge is 0.486 e. The molecule has 0 aromatic heterocycles. The van der Waals surface area contributed by atoms with Gasteiger partial charge in [-0.2, -0.15) is 0 Å². The number of esters is 1. The van der Waals surface area contributed by atoms with Crippen LogP contribution in [0.4, 0.5) is 0 Å². The molecule has 0 aliphatic heterocycles. The fourth-order valence-corrected chi connectivity index (χ4v) is 4.42. The summed E-state index contributed by atoms with van der Waals surface area (Å²) in [6, 6.07) is 22.0. The van der Waals surface area contributed by atoms with Crippen LogP contribution in [0.3, 0.4) is 0 Å². The molecule has 0 bridgehead atoms. The van der Waals surface area contributed by atoms with Crippen LogP contribution in [0, 0.1) is 11.3 Å². The molecule has 3 aromatic rings. The number of hydroxylamine groups is 1. The first kappa shape index (κ1) is 21.8. The molecule has 3 aromatic carbocycles. The van der Waals surface area contributed by atoms with Crippen molar-refractivity contribution < 1.29 is 24.3 Å². The first-order chi connectivity index (χ1) is 15.5. The first-order valence-electron chi connectivity index (χ1n) is 10.8. The van der Waals surface area contributed by atoms with E-state index in [1.807, 2.05) is 49.4 Å². The molecule has 6 heteroatoms. The van der Waals surface area contributed by atoms with E-state index in [0.717, 1.165) is 22.3 Å². The summed E-state index contributed by atoms with van der Waals surface area (Å²) in [6.45, 7) is 4.00. The molecule has 1 saturated carbocycles. The summed E-state index contributed by atoms with van der Waals surface area (Å²) in [4.78, 5) is 24.4. The molecule has 0 radical (unpaired) electrons. The van der Waals surface area contributed by atoms with Gasteiger partial charge in [-0.1, -0.05) is 54.6 Å². The van der Waals surface area contributed by atoms with Crippen LogP contribution in [0.25, 0.3) is 10.8 Å². The normalized spacial score (nSPS) is 20.4. The van der Waals surface area contributed by atoms with E-state index in [-0.39, 0.29) is 12.7 Å². The Bertz CT molecular complexity index is 1120. The monoisotopic (exact) mass is 433 g/mol. The number of amides is 1. The van der Waals surface area contributed by atoms with E-state index >= 15 is 0 Å². The topological polar surface area (TPSA) is 84.9 Å². The Kier molecular flexibility index (Phi) is 6.15. The second kappa shape index (κ2) is 9.01. The number of carbonyl (C=O) groups is 2. The molecule has 1 fully saturated rings. The fraction of sp³-hybridized carbons (Fsp3) is 0.308. The van der Waals surface area contributed by atoms with E-state index in [4.69, 9.17) is 14.7 Å². The van der Waals surface area contributed by atoms with Crippen LogP contribution in [0.1, 0.15) is 37.5 Å². The van der Waals surface area contributed by atoms with Crippen molar-refractivity contribution in [1.82, 2.24) is 5.48 Å². The van der Waals surface area contributed by atoms with Crippen LogP contribution in [0.2, 0.25) is 0 Å². The molecule has 2 N–H and O–H groups in total. The zero-order valence-corrected chi connectivity index (χ0v) is 18.2. The summed E-state index contributed by atoms with van der Waals surface area (Å²) in [6.07, 6.45) is 0.580. The maximum atomic E-state index is 12.5. The average molecular weight is 434 g/mol. The van der Waals surface area contributed by atoms with Gasteiger partial charge in [-0.3, -0.25) is 14.8 Å². The van der Waals surface area contributed by atoms with Gasteiger partial charge in [0.05, 0.1) is 17.9 Å². The van der Waals surface area contributed by atoms with Gasteiger partial charge < -0.3 is 9.47 Å². The minimum absolute atomic E-state index is 0.140. The SMILES string of the molecule is CCOC(=O)[C@@]1(Cc2ccc(OC(C)c3cccc4ccccc34)cc2)C[C@@H]1C(=O)NO. The molecule has 166 valence electrons. The Morgan fingerprint density at radius 2 is 1.81 bits per heavy atom. The third kappa shape index (κ3) is 4.18. The number of fused-ring (bicyclic) bond motifs is 1. The van der Waals surface area contributed by atoms with Gasteiger partial charge in [-0.25, -0.2) is 5.48 Å². The second-order valence-electron chi connectivity index (χ2n) is 8.26. The van der Waals surface area contributed by atoms with Gasteiger partial charge in [0.15, 0.2) is 0 Å². The minimum atomic E-state index is -0.929. The lowest BCUT2D eigenvalue weighted by Crippen LogP contribution is -2.30. The van der Waals surface area contributed by atoms with E-state index in [1.165, 1.54) is 5.39 Å². The van der Waals surface area contributed by atoms with Crippen molar-refractivity contribution in [2.24, 2.45) is 11.3 Å². The lowest BCUT2D eigenvalue weighted by Gasteiger charge is -2.18. The summed E-state index contributed by atoms with van der Waals surface area (Å²) in [7, 11) is 0. The first-order valence-corrected chi connectivity index (χ1v) is 10.8. The fourth-order valence-electron chi connectivity index (χ4n) is 4.42. The summed E-state index contributed by atoms with van der Waals surface area (Å²) in [5.74, 6) is -0.825. The molecule has 1 unspecified atom stereocenters. The highest BCUT2D eigenvalue weighted by Gasteiger charge is 2.64. The van der Waals surface area contributed by atoms with Crippen molar-refractivity contribution in [1.29, 1.82) is 0 Å². The zero-order valence-electron chi connectivity index (χ0n) is 18.2. The average Bonchev–Trinajstić information content (AvgIpc) is 3.55. The summed E-state index contributed by atoms with van der Waals surface area (Å²) in [5.41, 5.74) is 2.74. The van der Waals surface area contributed by atoms with Crippen molar-refractivity contribution in [2.45, 2.75) is 32.8 Å². The Morgan fingerprint density at radius 1 is 1.09 bits per heavy atom. The zero-order chi connectivity index (χ0) is 22.7. The molecular formula is C26H27NO5. The van der Waals surface area contributed by atoms with Crippen LogP contribution in [-0.2, 0) is 20.7 Å². The van der Waals surface area contributed by atoms with E-state index in [1.54, 1.807) is 12.4 Å². The molecule has 0 spiro atoms.